The zero-order valence-electron chi connectivity index (χ0n) is 13.4. The van der Waals surface area contributed by atoms with Crippen molar-refractivity contribution in [2.45, 2.75) is 18.9 Å². The van der Waals surface area contributed by atoms with E-state index in [4.69, 9.17) is 5.11 Å². The number of carboxylic acids is 1. The van der Waals surface area contributed by atoms with Gasteiger partial charge in [0.1, 0.15) is 23.8 Å². The number of nitrogens with zero attached hydrogens (tertiary/aromatic N) is 4. The Balaban J connectivity index is 1.68. The third-order valence-electron chi connectivity index (χ3n) is 4.07. The van der Waals surface area contributed by atoms with Crippen molar-refractivity contribution in [2.24, 2.45) is 0 Å². The van der Waals surface area contributed by atoms with Crippen LogP contribution in [-0.4, -0.2) is 52.2 Å². The maximum atomic E-state index is 11.0. The van der Waals surface area contributed by atoms with E-state index in [1.165, 1.54) is 6.07 Å². The molecule has 1 aliphatic heterocycles. The molecule has 1 saturated heterocycles. The highest BCUT2D eigenvalue weighted by atomic mass is 16.4. The Kier molecular flexibility index (Phi) is 4.74. The molecule has 0 radical (unpaired) electrons. The topological polar surface area (TPSA) is 103 Å². The predicted octanol–water partition coefficient (Wildman–Crippen LogP) is 1.69. The standard InChI is InChI=1S/C16H20N6O2/c1-17-14-8-15(20-10-19-14)22-7-3-4-11(22)9-18-13-6-2-5-12(21-13)16(23)24/h2,5-6,8,10-11H,3-4,7,9H2,1H3,(H,18,21)(H,23,24)(H,17,19,20). The molecule has 2 aromatic heterocycles. The van der Waals surface area contributed by atoms with Crippen molar-refractivity contribution in [3.63, 3.8) is 0 Å². The number of pyridine rings is 1. The van der Waals surface area contributed by atoms with Gasteiger partial charge in [-0.15, -0.1) is 0 Å². The van der Waals surface area contributed by atoms with Crippen LogP contribution in [0, 0.1) is 0 Å². The summed E-state index contributed by atoms with van der Waals surface area (Å²) in [5, 5.41) is 15.3. The van der Waals surface area contributed by atoms with Crippen molar-refractivity contribution in [2.75, 3.05) is 35.7 Å². The maximum absolute atomic E-state index is 11.0. The van der Waals surface area contributed by atoms with Crippen LogP contribution >= 0.6 is 0 Å². The molecule has 0 saturated carbocycles. The molecule has 3 heterocycles. The molecule has 0 amide bonds. The first kappa shape index (κ1) is 16.0. The molecule has 126 valence electrons. The highest BCUT2D eigenvalue weighted by Crippen LogP contribution is 2.25. The van der Waals surface area contributed by atoms with Gasteiger partial charge in [0.15, 0.2) is 5.69 Å². The first-order valence-electron chi connectivity index (χ1n) is 7.88. The molecule has 8 heteroatoms. The van der Waals surface area contributed by atoms with E-state index in [0.717, 1.165) is 31.0 Å². The van der Waals surface area contributed by atoms with Gasteiger partial charge in [-0.05, 0) is 25.0 Å². The molecular formula is C16H20N6O2. The monoisotopic (exact) mass is 328 g/mol. The molecule has 1 unspecified atom stereocenters. The van der Waals surface area contributed by atoms with Gasteiger partial charge in [-0.1, -0.05) is 6.07 Å². The van der Waals surface area contributed by atoms with Crippen LogP contribution in [0.4, 0.5) is 17.5 Å². The number of aromatic nitrogens is 3. The van der Waals surface area contributed by atoms with Gasteiger partial charge < -0.3 is 20.6 Å². The minimum atomic E-state index is -1.03. The Hall–Kier alpha value is -2.90. The minimum absolute atomic E-state index is 0.0396. The summed E-state index contributed by atoms with van der Waals surface area (Å²) in [5.41, 5.74) is 0.0396. The Labute approximate surface area is 140 Å². The highest BCUT2D eigenvalue weighted by Gasteiger charge is 2.25. The molecule has 3 rings (SSSR count). The van der Waals surface area contributed by atoms with Crippen molar-refractivity contribution in [1.29, 1.82) is 0 Å². The van der Waals surface area contributed by atoms with Gasteiger partial charge >= 0.3 is 5.97 Å². The number of carboxylic acid groups (broad SMARTS) is 1. The lowest BCUT2D eigenvalue weighted by Crippen LogP contribution is -2.35. The second-order valence-electron chi connectivity index (χ2n) is 5.60. The molecule has 1 atom stereocenters. The fourth-order valence-corrected chi connectivity index (χ4v) is 2.87. The van der Waals surface area contributed by atoms with Gasteiger partial charge in [-0.2, -0.15) is 0 Å². The molecule has 0 aliphatic carbocycles. The van der Waals surface area contributed by atoms with Gasteiger partial charge in [0.2, 0.25) is 0 Å². The van der Waals surface area contributed by atoms with Gasteiger partial charge in [0.05, 0.1) is 0 Å². The van der Waals surface area contributed by atoms with E-state index in [9.17, 15) is 4.79 Å². The number of aromatic carboxylic acids is 1. The van der Waals surface area contributed by atoms with Crippen LogP contribution in [0.1, 0.15) is 23.3 Å². The zero-order valence-corrected chi connectivity index (χ0v) is 13.4. The summed E-state index contributed by atoms with van der Waals surface area (Å²) in [6.45, 7) is 1.62. The second kappa shape index (κ2) is 7.12. The lowest BCUT2D eigenvalue weighted by Gasteiger charge is -2.26. The Morgan fingerprint density at radius 2 is 2.25 bits per heavy atom. The van der Waals surface area contributed by atoms with E-state index in [2.05, 4.69) is 30.5 Å². The average Bonchev–Trinajstić information content (AvgIpc) is 3.09. The normalized spacial score (nSPS) is 16.9. The summed E-state index contributed by atoms with van der Waals surface area (Å²) in [6.07, 6.45) is 3.69. The fraction of sp³-hybridized carbons (Fsp3) is 0.375. The van der Waals surface area contributed by atoms with Gasteiger partial charge in [-0.25, -0.2) is 19.7 Å². The van der Waals surface area contributed by atoms with E-state index >= 15 is 0 Å². The molecule has 0 aromatic carbocycles. The van der Waals surface area contributed by atoms with E-state index < -0.39 is 5.97 Å². The SMILES string of the molecule is CNc1cc(N2CCCC2CNc2cccc(C(=O)O)n2)ncn1. The molecule has 0 spiro atoms. The number of nitrogens with one attached hydrogen (secondary N) is 2. The quantitative estimate of drug-likeness (QED) is 0.736. The van der Waals surface area contributed by atoms with Crippen molar-refractivity contribution in [3.8, 4) is 0 Å². The van der Waals surface area contributed by atoms with Crippen LogP contribution in [0.15, 0.2) is 30.6 Å². The van der Waals surface area contributed by atoms with Gasteiger partial charge in [0.25, 0.3) is 0 Å². The van der Waals surface area contributed by atoms with Crippen molar-refractivity contribution >= 4 is 23.4 Å². The summed E-state index contributed by atoms with van der Waals surface area (Å²) in [5.74, 6) is 1.22. The summed E-state index contributed by atoms with van der Waals surface area (Å²) < 4.78 is 0. The zero-order chi connectivity index (χ0) is 16.9. The Bertz CT molecular complexity index is 723. The van der Waals surface area contributed by atoms with Crippen LogP contribution in [0.2, 0.25) is 0 Å². The summed E-state index contributed by atoms with van der Waals surface area (Å²) in [4.78, 5) is 25.8. The maximum Gasteiger partial charge on any atom is 0.354 e. The molecule has 0 bridgehead atoms. The van der Waals surface area contributed by atoms with Crippen LogP contribution in [-0.2, 0) is 0 Å². The second-order valence-corrected chi connectivity index (χ2v) is 5.60. The van der Waals surface area contributed by atoms with Crippen molar-refractivity contribution in [3.05, 3.63) is 36.3 Å². The molecule has 1 fully saturated rings. The Morgan fingerprint density at radius 3 is 3.04 bits per heavy atom. The molecule has 1 aliphatic rings. The molecular weight excluding hydrogens is 308 g/mol. The van der Waals surface area contributed by atoms with Gasteiger partial charge in [-0.3, -0.25) is 0 Å². The molecule has 3 N–H and O–H groups in total. The van der Waals surface area contributed by atoms with E-state index in [1.54, 1.807) is 18.5 Å². The first-order valence-corrected chi connectivity index (χ1v) is 7.88. The third kappa shape index (κ3) is 3.53. The molecule has 2 aromatic rings. The molecule has 8 nitrogen and oxygen atoms in total. The van der Waals surface area contributed by atoms with Crippen molar-refractivity contribution < 1.29 is 9.90 Å². The van der Waals surface area contributed by atoms with Crippen molar-refractivity contribution in [1.82, 2.24) is 15.0 Å². The average molecular weight is 328 g/mol. The van der Waals surface area contributed by atoms with E-state index in [1.807, 2.05) is 13.1 Å². The van der Waals surface area contributed by atoms with E-state index in [0.29, 0.717) is 12.4 Å². The molecule has 24 heavy (non-hydrogen) atoms. The summed E-state index contributed by atoms with van der Waals surface area (Å²) >= 11 is 0. The number of anilines is 3. The van der Waals surface area contributed by atoms with Crippen LogP contribution < -0.4 is 15.5 Å². The number of hydrogen-bond donors (Lipinski definition) is 3. The lowest BCUT2D eigenvalue weighted by molar-refractivity contribution is 0.0690. The fourth-order valence-electron chi connectivity index (χ4n) is 2.87. The largest absolute Gasteiger partial charge is 0.477 e. The number of rotatable bonds is 6. The Morgan fingerprint density at radius 1 is 1.38 bits per heavy atom. The first-order chi connectivity index (χ1) is 11.7. The predicted molar refractivity (Wildman–Crippen MR) is 91.6 cm³/mol. The summed E-state index contributed by atoms with van der Waals surface area (Å²) in [7, 11) is 1.83. The highest BCUT2D eigenvalue weighted by molar-refractivity contribution is 5.85. The van der Waals surface area contributed by atoms with Gasteiger partial charge in [0, 0.05) is 32.2 Å². The third-order valence-corrected chi connectivity index (χ3v) is 4.07. The van der Waals surface area contributed by atoms with Crippen LogP contribution in [0.3, 0.4) is 0 Å². The summed E-state index contributed by atoms with van der Waals surface area (Å²) in [6, 6.07) is 7.15. The number of hydrogen-bond acceptors (Lipinski definition) is 7. The lowest BCUT2D eigenvalue weighted by atomic mass is 10.2. The number of carbonyl (C=O) groups is 1. The minimum Gasteiger partial charge on any atom is -0.477 e. The van der Waals surface area contributed by atoms with Crippen LogP contribution in [0.25, 0.3) is 0 Å². The van der Waals surface area contributed by atoms with Crippen LogP contribution in [0.5, 0.6) is 0 Å². The smallest absolute Gasteiger partial charge is 0.354 e. The van der Waals surface area contributed by atoms with E-state index in [-0.39, 0.29) is 11.7 Å².